The first-order valence-corrected chi connectivity index (χ1v) is 17.5. The molecule has 0 fully saturated rings. The van der Waals surface area contributed by atoms with Crippen molar-refractivity contribution in [2.24, 2.45) is 0 Å². The third-order valence-electron chi connectivity index (χ3n) is 8.46. The van der Waals surface area contributed by atoms with Crippen LogP contribution in [0.5, 0.6) is 0 Å². The van der Waals surface area contributed by atoms with Gasteiger partial charge in [-0.25, -0.2) is 0 Å². The maximum atomic E-state index is 11.1. The first-order valence-electron chi connectivity index (χ1n) is 17.5. The molecule has 0 aliphatic heterocycles. The Labute approximate surface area is 257 Å². The van der Waals surface area contributed by atoms with Crippen LogP contribution < -0.4 is 0 Å². The fraction of sp³-hybridized carbons (Fsp3) is 0.857. The predicted octanol–water partition coefficient (Wildman–Crippen LogP) is 9.39. The molecule has 0 unspecified atom stereocenters. The molecule has 0 aromatic heterocycles. The number of allylic oxidation sites excluding steroid dienone is 2. The smallest absolute Gasteiger partial charge is 0.303 e. The topological polar surface area (TPSA) is 112 Å². The summed E-state index contributed by atoms with van der Waals surface area (Å²) in [6, 6.07) is 0. The molecule has 0 spiro atoms. The minimum Gasteiger partial charge on any atom is -0.481 e. The molecule has 0 atom stereocenters. The number of carboxylic acid groups (broad SMARTS) is 3. The van der Waals surface area contributed by atoms with Gasteiger partial charge in [-0.3, -0.25) is 14.4 Å². The summed E-state index contributed by atoms with van der Waals surface area (Å²) in [5, 5.41) is 27.3. The van der Waals surface area contributed by atoms with Crippen molar-refractivity contribution < 1.29 is 34.2 Å². The van der Waals surface area contributed by atoms with Crippen molar-refractivity contribution in [1.29, 1.82) is 0 Å². The lowest BCUT2D eigenvalue weighted by Gasteiger charge is -2.39. The highest BCUT2D eigenvalue weighted by Gasteiger charge is 2.27. The first-order chi connectivity index (χ1) is 20.3. The van der Waals surface area contributed by atoms with Gasteiger partial charge in [0, 0.05) is 19.3 Å². The van der Waals surface area contributed by atoms with Gasteiger partial charge in [0.1, 0.15) is 0 Å². The molecule has 3 N–H and O–H groups in total. The Morgan fingerprint density at radius 1 is 0.429 bits per heavy atom. The molecule has 0 aliphatic rings. The van der Waals surface area contributed by atoms with E-state index in [2.05, 4.69) is 19.1 Å². The summed E-state index contributed by atoms with van der Waals surface area (Å²) in [6.07, 6.45) is 31.2. The van der Waals surface area contributed by atoms with Crippen LogP contribution in [0.2, 0.25) is 0 Å². The number of hydrogen-bond donors (Lipinski definition) is 3. The van der Waals surface area contributed by atoms with E-state index in [0.717, 1.165) is 19.4 Å². The van der Waals surface area contributed by atoms with Gasteiger partial charge in [0.25, 0.3) is 0 Å². The van der Waals surface area contributed by atoms with Crippen LogP contribution >= 0.6 is 0 Å². The minimum atomic E-state index is -0.825. The van der Waals surface area contributed by atoms with Crippen molar-refractivity contribution in [3.05, 3.63) is 12.2 Å². The molecular weight excluding hydrogens is 530 g/mol. The molecule has 0 radical (unpaired) electrons. The Balaban J connectivity index is 4.07. The molecule has 0 bridgehead atoms. The van der Waals surface area contributed by atoms with Crippen molar-refractivity contribution in [1.82, 2.24) is 0 Å². The lowest BCUT2D eigenvalue weighted by molar-refractivity contribution is -0.929. The van der Waals surface area contributed by atoms with Crippen molar-refractivity contribution in [2.45, 2.75) is 167 Å². The molecule has 0 heterocycles. The van der Waals surface area contributed by atoms with Crippen LogP contribution in [0.3, 0.4) is 0 Å². The van der Waals surface area contributed by atoms with Crippen molar-refractivity contribution in [2.75, 3.05) is 26.2 Å². The van der Waals surface area contributed by atoms with Crippen LogP contribution in [-0.4, -0.2) is 63.9 Å². The van der Waals surface area contributed by atoms with Crippen LogP contribution in [0.1, 0.15) is 167 Å². The van der Waals surface area contributed by atoms with Gasteiger partial charge in [0.2, 0.25) is 0 Å². The normalized spacial score (nSPS) is 11.8. The second-order valence-corrected chi connectivity index (χ2v) is 12.4. The van der Waals surface area contributed by atoms with Gasteiger partial charge in [-0.05, 0) is 38.5 Å². The van der Waals surface area contributed by atoms with Gasteiger partial charge in [0.05, 0.1) is 45.4 Å². The third-order valence-corrected chi connectivity index (χ3v) is 8.46. The van der Waals surface area contributed by atoms with Gasteiger partial charge in [0.15, 0.2) is 0 Å². The zero-order valence-electron chi connectivity index (χ0n) is 27.2. The minimum absolute atomic E-state index is 0.0896. The quantitative estimate of drug-likeness (QED) is 0.0395. The number of carbonyl (C=O) groups is 3. The van der Waals surface area contributed by atoms with E-state index in [1.165, 1.54) is 109 Å². The molecule has 0 saturated carbocycles. The zero-order valence-corrected chi connectivity index (χ0v) is 27.2. The maximum Gasteiger partial charge on any atom is 0.303 e. The summed E-state index contributed by atoms with van der Waals surface area (Å²) in [5.41, 5.74) is 0. The van der Waals surface area contributed by atoms with E-state index >= 15 is 0 Å². The van der Waals surface area contributed by atoms with Crippen molar-refractivity contribution in [3.63, 3.8) is 0 Å². The van der Waals surface area contributed by atoms with Gasteiger partial charge < -0.3 is 19.8 Å². The lowest BCUT2D eigenvalue weighted by atomic mass is 10.1. The SMILES string of the molecule is CCCCCCCCCCCC/C=C\CCCCCCCCC[N+](CCCC(=O)O)(CCCC(=O)O)CCCC(=O)O. The fourth-order valence-corrected chi connectivity index (χ4v) is 5.95. The molecule has 7 nitrogen and oxygen atoms in total. The van der Waals surface area contributed by atoms with E-state index in [1.54, 1.807) is 0 Å². The number of nitrogens with zero attached hydrogens (tertiary/aromatic N) is 1. The van der Waals surface area contributed by atoms with Crippen LogP contribution in [0.25, 0.3) is 0 Å². The molecule has 0 rings (SSSR count). The summed E-state index contributed by atoms with van der Waals surface area (Å²) in [6.45, 7) is 5.13. The number of hydrogen-bond acceptors (Lipinski definition) is 3. The van der Waals surface area contributed by atoms with Crippen LogP contribution in [-0.2, 0) is 14.4 Å². The van der Waals surface area contributed by atoms with Gasteiger partial charge >= 0.3 is 17.9 Å². The second-order valence-electron chi connectivity index (χ2n) is 12.4. The fourth-order valence-electron chi connectivity index (χ4n) is 5.95. The van der Waals surface area contributed by atoms with Gasteiger partial charge in [-0.15, -0.1) is 0 Å². The third kappa shape index (κ3) is 28.2. The number of aliphatic carboxylic acids is 3. The Kier molecular flexibility index (Phi) is 27.9. The lowest BCUT2D eigenvalue weighted by Crippen LogP contribution is -2.51. The molecular formula is C35H66NO6+. The summed E-state index contributed by atoms with van der Waals surface area (Å²) in [7, 11) is 0. The predicted molar refractivity (Wildman–Crippen MR) is 173 cm³/mol. The van der Waals surface area contributed by atoms with E-state index in [-0.39, 0.29) is 19.3 Å². The standard InChI is InChI=1S/C35H65NO6/c1-2-3-4-5-6-7-8-9-10-11-12-13-14-15-16-17-18-19-20-21-22-29-36(30-23-26-33(37)38,31-24-27-34(39)40)32-25-28-35(41)42/h13-14H,2-12,15-32H2,1H3,(H2-,37,38,39,40,41,42)/p+1/b14-13-. The number of quaternary nitrogens is 1. The molecule has 0 aromatic carbocycles. The number of unbranched alkanes of at least 4 members (excludes halogenated alkanes) is 17. The van der Waals surface area contributed by atoms with E-state index in [9.17, 15) is 14.4 Å². The van der Waals surface area contributed by atoms with Crippen LogP contribution in [0.15, 0.2) is 12.2 Å². The number of rotatable bonds is 33. The summed E-state index contributed by atoms with van der Waals surface area (Å²) >= 11 is 0. The molecule has 0 aromatic rings. The van der Waals surface area contributed by atoms with Crippen molar-refractivity contribution in [3.8, 4) is 0 Å². The van der Waals surface area contributed by atoms with Gasteiger partial charge in [-0.1, -0.05) is 103 Å². The first kappa shape index (κ1) is 40.1. The Hall–Kier alpha value is -1.89. The maximum absolute atomic E-state index is 11.1. The van der Waals surface area contributed by atoms with E-state index < -0.39 is 17.9 Å². The summed E-state index contributed by atoms with van der Waals surface area (Å²) < 4.78 is 0.638. The highest BCUT2D eigenvalue weighted by molar-refractivity contribution is 5.67. The van der Waals surface area contributed by atoms with Gasteiger partial charge in [-0.2, -0.15) is 0 Å². The Bertz CT molecular complexity index is 643. The zero-order chi connectivity index (χ0) is 31.2. The van der Waals surface area contributed by atoms with Crippen LogP contribution in [0, 0.1) is 0 Å². The van der Waals surface area contributed by atoms with E-state index in [1.807, 2.05) is 0 Å². The average Bonchev–Trinajstić information content (AvgIpc) is 2.93. The van der Waals surface area contributed by atoms with Crippen LogP contribution in [0.4, 0.5) is 0 Å². The van der Waals surface area contributed by atoms with Crippen molar-refractivity contribution >= 4 is 17.9 Å². The largest absolute Gasteiger partial charge is 0.481 e. The summed E-state index contributed by atoms with van der Waals surface area (Å²) in [4.78, 5) is 33.2. The monoisotopic (exact) mass is 596 g/mol. The molecule has 7 heteroatoms. The highest BCUT2D eigenvalue weighted by atomic mass is 16.4. The second kappa shape index (κ2) is 29.2. The highest BCUT2D eigenvalue weighted by Crippen LogP contribution is 2.19. The molecule has 246 valence electrons. The molecule has 0 saturated heterocycles. The van der Waals surface area contributed by atoms with E-state index in [4.69, 9.17) is 15.3 Å². The molecule has 0 aliphatic carbocycles. The Morgan fingerprint density at radius 2 is 0.714 bits per heavy atom. The number of carboxylic acids is 3. The Morgan fingerprint density at radius 3 is 1.05 bits per heavy atom. The summed E-state index contributed by atoms with van der Waals surface area (Å²) in [5.74, 6) is -2.48. The van der Waals surface area contributed by atoms with E-state index in [0.29, 0.717) is 43.4 Å². The molecule has 0 amide bonds. The molecule has 42 heavy (non-hydrogen) atoms. The average molecular weight is 597 g/mol.